The van der Waals surface area contributed by atoms with Crippen LogP contribution in [0.5, 0.6) is 0 Å². The number of carbonyl (C=O) groups is 1. The molecule has 1 aliphatic heterocycles. The van der Waals surface area contributed by atoms with Crippen molar-refractivity contribution in [3.63, 3.8) is 0 Å². The molecular weight excluding hydrogens is 374 g/mol. The highest BCUT2D eigenvalue weighted by molar-refractivity contribution is 6.01. The number of aromatic nitrogens is 1. The number of carbonyl (C=O) groups excluding carboxylic acids is 1. The first-order chi connectivity index (χ1) is 14.1. The van der Waals surface area contributed by atoms with E-state index in [0.29, 0.717) is 17.6 Å². The third-order valence-electron chi connectivity index (χ3n) is 6.09. The van der Waals surface area contributed by atoms with Crippen molar-refractivity contribution in [1.29, 1.82) is 0 Å². The molecule has 2 heterocycles. The summed E-state index contributed by atoms with van der Waals surface area (Å²) in [5.41, 5.74) is 8.29. The fraction of sp³-hybridized carbons (Fsp3) is 0.500. The van der Waals surface area contributed by atoms with Gasteiger partial charge in [0, 0.05) is 32.0 Å². The van der Waals surface area contributed by atoms with Gasteiger partial charge < -0.3 is 22.1 Å². The van der Waals surface area contributed by atoms with Crippen molar-refractivity contribution in [2.45, 2.75) is 64.0 Å². The first-order valence-electron chi connectivity index (χ1n) is 10.8. The molecule has 0 atom stereocenters. The molecule has 1 aliphatic carbocycles. The van der Waals surface area contributed by atoms with Gasteiger partial charge in [0.25, 0.3) is 5.91 Å². The summed E-state index contributed by atoms with van der Waals surface area (Å²) in [4.78, 5) is 19.1. The van der Waals surface area contributed by atoms with Gasteiger partial charge in [0.1, 0.15) is 5.82 Å². The maximum atomic E-state index is 12.1. The van der Waals surface area contributed by atoms with Gasteiger partial charge in [-0.3, -0.25) is 4.79 Å². The van der Waals surface area contributed by atoms with Gasteiger partial charge in [-0.05, 0) is 50.8 Å². The van der Waals surface area contributed by atoms with E-state index in [-0.39, 0.29) is 7.58 Å². The molecule has 0 spiro atoms. The van der Waals surface area contributed by atoms with Crippen LogP contribution in [-0.2, 0) is 0 Å². The normalized spacial score (nSPS) is 17.7. The maximum absolute atomic E-state index is 12.1. The molecule has 0 bridgehead atoms. The summed E-state index contributed by atoms with van der Waals surface area (Å²) in [5, 5.41) is 4.84. The summed E-state index contributed by atoms with van der Waals surface area (Å²) in [7, 11) is 0. The Hall–Kier alpha value is -2.44. The van der Waals surface area contributed by atoms with Crippen molar-refractivity contribution in [1.82, 2.24) is 16.5 Å². The molecule has 1 aromatic heterocycles. The average molecular weight is 414 g/mol. The number of pyridine rings is 1. The summed E-state index contributed by atoms with van der Waals surface area (Å²) in [6.45, 7) is 9.87. The highest BCUT2D eigenvalue weighted by atomic mass is 16.1. The molecule has 2 aromatic rings. The van der Waals surface area contributed by atoms with Gasteiger partial charge in [0.05, 0.1) is 11.1 Å². The van der Waals surface area contributed by atoms with Gasteiger partial charge in [-0.15, -0.1) is 13.2 Å². The van der Waals surface area contributed by atoms with Crippen LogP contribution in [0.2, 0.25) is 0 Å². The van der Waals surface area contributed by atoms with Crippen LogP contribution in [0.4, 0.5) is 5.82 Å². The lowest BCUT2D eigenvalue weighted by molar-refractivity contribution is 0.100. The Morgan fingerprint density at radius 1 is 1.10 bits per heavy atom. The molecule has 0 unspecified atom stereocenters. The second-order valence-electron chi connectivity index (χ2n) is 8.18. The van der Waals surface area contributed by atoms with Crippen LogP contribution in [0, 0.1) is 6.92 Å². The molecule has 6 heteroatoms. The summed E-state index contributed by atoms with van der Waals surface area (Å²) in [5.74, 6) is 0.346. The first-order valence-corrected chi connectivity index (χ1v) is 10.8. The molecule has 1 saturated heterocycles. The summed E-state index contributed by atoms with van der Waals surface area (Å²) < 4.78 is 0. The number of rotatable bonds is 4. The van der Waals surface area contributed by atoms with Crippen LogP contribution in [0.1, 0.15) is 62.3 Å². The van der Waals surface area contributed by atoms with Gasteiger partial charge in [-0.25, -0.2) is 4.98 Å². The zero-order valence-electron chi connectivity index (χ0n) is 18.3. The Morgan fingerprint density at radius 3 is 2.37 bits per heavy atom. The van der Waals surface area contributed by atoms with Crippen LogP contribution in [0.3, 0.4) is 0 Å². The molecule has 2 aliphatic rings. The fourth-order valence-electron chi connectivity index (χ4n) is 4.57. The second-order valence-corrected chi connectivity index (χ2v) is 8.18. The molecule has 0 radical (unpaired) electrons. The molecular formula is C24H39N5O. The van der Waals surface area contributed by atoms with E-state index in [9.17, 15) is 4.79 Å². The SMILES string of the molecule is C=C.Cc1ccc2nc(N3CCC(NC4CCCCC4)CC3)c(C(N)=O)cc2c1.N.[HH]. The number of primary amides is 1. The molecule has 166 valence electrons. The maximum Gasteiger partial charge on any atom is 0.252 e. The van der Waals surface area contributed by atoms with Gasteiger partial charge in [-0.1, -0.05) is 30.9 Å². The molecule has 1 saturated carbocycles. The zero-order chi connectivity index (χ0) is 20.8. The molecule has 6 N–H and O–H groups in total. The van der Waals surface area contributed by atoms with Crippen LogP contribution in [0.25, 0.3) is 10.9 Å². The quantitative estimate of drug-likeness (QED) is 0.628. The topological polar surface area (TPSA) is 106 Å². The van der Waals surface area contributed by atoms with Crippen LogP contribution in [-0.4, -0.2) is 36.1 Å². The van der Waals surface area contributed by atoms with E-state index in [1.54, 1.807) is 0 Å². The highest BCUT2D eigenvalue weighted by Gasteiger charge is 2.26. The second kappa shape index (κ2) is 11.1. The van der Waals surface area contributed by atoms with Crippen LogP contribution < -0.4 is 22.1 Å². The Balaban J connectivity index is 0.00000117. The van der Waals surface area contributed by atoms with Gasteiger partial charge >= 0.3 is 0 Å². The number of nitrogens with one attached hydrogen (secondary N) is 1. The van der Waals surface area contributed by atoms with Crippen molar-refractivity contribution in [2.24, 2.45) is 5.73 Å². The Kier molecular flexibility index (Phi) is 8.81. The number of aryl methyl sites for hydroxylation is 1. The molecule has 4 rings (SSSR count). The Bertz CT molecular complexity index is 845. The number of hydrogen-bond acceptors (Lipinski definition) is 5. The van der Waals surface area contributed by atoms with E-state index in [2.05, 4.69) is 35.5 Å². The van der Waals surface area contributed by atoms with Crippen molar-refractivity contribution in [3.05, 3.63) is 48.6 Å². The van der Waals surface area contributed by atoms with E-state index in [0.717, 1.165) is 48.2 Å². The number of piperidine rings is 1. The minimum absolute atomic E-state index is 0. The lowest BCUT2D eigenvalue weighted by Gasteiger charge is -2.36. The molecule has 2 fully saturated rings. The third-order valence-corrected chi connectivity index (χ3v) is 6.09. The first kappa shape index (κ1) is 23.8. The Morgan fingerprint density at radius 2 is 1.73 bits per heavy atom. The summed E-state index contributed by atoms with van der Waals surface area (Å²) in [6, 6.07) is 9.31. The lowest BCUT2D eigenvalue weighted by Crippen LogP contribution is -2.47. The lowest BCUT2D eigenvalue weighted by atomic mass is 9.93. The highest BCUT2D eigenvalue weighted by Crippen LogP contribution is 2.27. The van der Waals surface area contributed by atoms with E-state index in [1.807, 2.05) is 19.1 Å². The van der Waals surface area contributed by atoms with E-state index in [1.165, 1.54) is 32.1 Å². The van der Waals surface area contributed by atoms with Crippen LogP contribution in [0.15, 0.2) is 37.4 Å². The molecule has 30 heavy (non-hydrogen) atoms. The number of benzene rings is 1. The van der Waals surface area contributed by atoms with Crippen molar-refractivity contribution < 1.29 is 6.22 Å². The molecule has 1 amide bonds. The zero-order valence-corrected chi connectivity index (χ0v) is 18.3. The molecule has 6 nitrogen and oxygen atoms in total. The third kappa shape index (κ3) is 5.58. The van der Waals surface area contributed by atoms with E-state index >= 15 is 0 Å². The summed E-state index contributed by atoms with van der Waals surface area (Å²) in [6.07, 6.45) is 8.91. The van der Waals surface area contributed by atoms with E-state index in [4.69, 9.17) is 10.7 Å². The minimum Gasteiger partial charge on any atom is -0.365 e. The fourth-order valence-corrected chi connectivity index (χ4v) is 4.57. The van der Waals surface area contributed by atoms with Crippen molar-refractivity contribution >= 4 is 22.6 Å². The number of anilines is 1. The summed E-state index contributed by atoms with van der Waals surface area (Å²) >= 11 is 0. The van der Waals surface area contributed by atoms with Crippen molar-refractivity contribution in [2.75, 3.05) is 18.0 Å². The van der Waals surface area contributed by atoms with Gasteiger partial charge in [0.15, 0.2) is 0 Å². The van der Waals surface area contributed by atoms with E-state index < -0.39 is 5.91 Å². The minimum atomic E-state index is -0.400. The van der Waals surface area contributed by atoms with Crippen molar-refractivity contribution in [3.8, 4) is 0 Å². The largest absolute Gasteiger partial charge is 0.365 e. The number of amides is 1. The van der Waals surface area contributed by atoms with Gasteiger partial charge in [0.2, 0.25) is 0 Å². The monoisotopic (exact) mass is 413 g/mol. The smallest absolute Gasteiger partial charge is 0.252 e. The van der Waals surface area contributed by atoms with Gasteiger partial charge in [-0.2, -0.15) is 0 Å². The number of nitrogens with zero attached hydrogens (tertiary/aromatic N) is 2. The number of hydrogen-bond donors (Lipinski definition) is 3. The molecule has 1 aromatic carbocycles. The standard InChI is InChI=1S/C22H30N4O.C2H4.H3N.H2/c1-15-7-8-20-16(13-15)14-19(21(23)27)22(25-20)26-11-9-18(10-12-26)24-17-5-3-2-4-6-17;1-2;;/h7-8,13-14,17-18,24H,2-6,9-12H2,1H3,(H2,23,27);1-2H2;1H3;1H. The average Bonchev–Trinajstić information content (AvgIpc) is 2.75. The number of fused-ring (bicyclic) bond motifs is 1. The Labute approximate surface area is 182 Å². The number of nitrogens with two attached hydrogens (primary N) is 1. The van der Waals surface area contributed by atoms with Crippen LogP contribution >= 0.6 is 0 Å². The predicted molar refractivity (Wildman–Crippen MR) is 129 cm³/mol. The predicted octanol–water partition coefficient (Wildman–Crippen LogP) is 4.74.